The predicted octanol–water partition coefficient (Wildman–Crippen LogP) is 1.87. The highest BCUT2D eigenvalue weighted by Gasteiger charge is 2.09. The van der Waals surface area contributed by atoms with Crippen molar-refractivity contribution in [3.05, 3.63) is 30.1 Å². The molecular formula is C14H23FN2O. The number of likely N-dealkylation sites (N-methyl/N-ethyl adjacent to an activating group) is 1. The van der Waals surface area contributed by atoms with Crippen LogP contribution in [0.1, 0.15) is 13.8 Å². The molecule has 1 rings (SSSR count). The molecule has 1 atom stereocenters. The highest BCUT2D eigenvalue weighted by atomic mass is 19.1. The molecule has 0 radical (unpaired) electrons. The van der Waals surface area contributed by atoms with Crippen LogP contribution in [-0.4, -0.2) is 37.9 Å². The Kier molecular flexibility index (Phi) is 6.09. The molecule has 0 heterocycles. The van der Waals surface area contributed by atoms with Gasteiger partial charge in [0.05, 0.1) is 6.10 Å². The van der Waals surface area contributed by atoms with Crippen LogP contribution in [0.3, 0.4) is 0 Å². The average molecular weight is 254 g/mol. The van der Waals surface area contributed by atoms with E-state index in [-0.39, 0.29) is 5.82 Å². The fourth-order valence-corrected chi connectivity index (χ4v) is 1.72. The number of hydrogen-bond acceptors (Lipinski definition) is 3. The number of aliphatic hydroxyl groups is 1. The van der Waals surface area contributed by atoms with E-state index in [1.54, 1.807) is 12.1 Å². The van der Waals surface area contributed by atoms with Crippen LogP contribution < -0.4 is 10.2 Å². The Bertz CT molecular complexity index is 340. The predicted molar refractivity (Wildman–Crippen MR) is 73.4 cm³/mol. The smallest absolute Gasteiger partial charge is 0.123 e. The van der Waals surface area contributed by atoms with E-state index in [1.165, 1.54) is 12.1 Å². The summed E-state index contributed by atoms with van der Waals surface area (Å²) in [5.41, 5.74) is 0.902. The maximum atomic E-state index is 12.8. The molecule has 3 nitrogen and oxygen atoms in total. The van der Waals surface area contributed by atoms with Crippen LogP contribution >= 0.6 is 0 Å². The molecule has 1 aromatic rings. The summed E-state index contributed by atoms with van der Waals surface area (Å²) >= 11 is 0. The van der Waals surface area contributed by atoms with Crippen molar-refractivity contribution in [2.24, 2.45) is 5.92 Å². The van der Waals surface area contributed by atoms with Gasteiger partial charge in [-0.1, -0.05) is 13.8 Å². The molecule has 0 saturated heterocycles. The van der Waals surface area contributed by atoms with Crippen LogP contribution in [0.5, 0.6) is 0 Å². The van der Waals surface area contributed by atoms with E-state index in [0.29, 0.717) is 19.0 Å². The number of hydrogen-bond donors (Lipinski definition) is 2. The van der Waals surface area contributed by atoms with Gasteiger partial charge in [0, 0.05) is 25.8 Å². The summed E-state index contributed by atoms with van der Waals surface area (Å²) in [6, 6.07) is 6.28. The molecule has 0 fully saturated rings. The Morgan fingerprint density at radius 1 is 1.22 bits per heavy atom. The Balaban J connectivity index is 2.34. The Hall–Kier alpha value is -1.13. The third-order valence-corrected chi connectivity index (χ3v) is 2.68. The van der Waals surface area contributed by atoms with Gasteiger partial charge in [0.2, 0.25) is 0 Å². The molecule has 0 amide bonds. The maximum absolute atomic E-state index is 12.8. The van der Waals surface area contributed by atoms with Gasteiger partial charge in [-0.15, -0.1) is 0 Å². The molecule has 0 saturated carbocycles. The second kappa shape index (κ2) is 7.34. The highest BCUT2D eigenvalue weighted by molar-refractivity contribution is 5.45. The molecule has 0 aliphatic rings. The largest absolute Gasteiger partial charge is 0.390 e. The van der Waals surface area contributed by atoms with E-state index in [2.05, 4.69) is 19.2 Å². The maximum Gasteiger partial charge on any atom is 0.123 e. The summed E-state index contributed by atoms with van der Waals surface area (Å²) in [6.07, 6.45) is -0.432. The minimum atomic E-state index is -0.432. The summed E-state index contributed by atoms with van der Waals surface area (Å²) in [7, 11) is 1.89. The van der Waals surface area contributed by atoms with Crippen molar-refractivity contribution in [1.29, 1.82) is 0 Å². The lowest BCUT2D eigenvalue weighted by atomic mass is 10.2. The molecule has 1 aromatic carbocycles. The minimum Gasteiger partial charge on any atom is -0.390 e. The van der Waals surface area contributed by atoms with Crippen LogP contribution in [0.25, 0.3) is 0 Å². The van der Waals surface area contributed by atoms with Crippen LogP contribution in [0.2, 0.25) is 0 Å². The molecule has 2 N–H and O–H groups in total. The monoisotopic (exact) mass is 254 g/mol. The van der Waals surface area contributed by atoms with Crippen molar-refractivity contribution < 1.29 is 9.50 Å². The van der Waals surface area contributed by atoms with E-state index in [0.717, 1.165) is 12.2 Å². The van der Waals surface area contributed by atoms with E-state index in [4.69, 9.17) is 0 Å². The number of rotatable bonds is 7. The molecule has 0 aromatic heterocycles. The molecule has 0 spiro atoms. The van der Waals surface area contributed by atoms with Gasteiger partial charge < -0.3 is 15.3 Å². The van der Waals surface area contributed by atoms with E-state index >= 15 is 0 Å². The van der Waals surface area contributed by atoms with Crippen LogP contribution in [-0.2, 0) is 0 Å². The lowest BCUT2D eigenvalue weighted by Gasteiger charge is -2.23. The second-order valence-electron chi connectivity index (χ2n) is 5.06. The average Bonchev–Trinajstić information content (AvgIpc) is 2.29. The first-order valence-corrected chi connectivity index (χ1v) is 6.34. The van der Waals surface area contributed by atoms with Crippen LogP contribution in [0, 0.1) is 11.7 Å². The number of halogens is 1. The lowest BCUT2D eigenvalue weighted by molar-refractivity contribution is 0.177. The van der Waals surface area contributed by atoms with Gasteiger partial charge in [-0.2, -0.15) is 0 Å². The highest BCUT2D eigenvalue weighted by Crippen LogP contribution is 2.13. The first-order valence-electron chi connectivity index (χ1n) is 6.34. The topological polar surface area (TPSA) is 35.5 Å². The molecule has 0 bridgehead atoms. The second-order valence-corrected chi connectivity index (χ2v) is 5.06. The summed E-state index contributed by atoms with van der Waals surface area (Å²) in [6.45, 7) is 6.26. The number of benzene rings is 1. The Labute approximate surface area is 109 Å². The third-order valence-electron chi connectivity index (χ3n) is 2.68. The SMILES string of the molecule is CC(C)CNCC(O)CN(C)c1ccc(F)cc1. The van der Waals surface area contributed by atoms with E-state index < -0.39 is 6.10 Å². The molecule has 0 aliphatic heterocycles. The van der Waals surface area contributed by atoms with Gasteiger partial charge in [-0.05, 0) is 36.7 Å². The van der Waals surface area contributed by atoms with Gasteiger partial charge >= 0.3 is 0 Å². The first-order chi connectivity index (χ1) is 8.49. The number of nitrogens with one attached hydrogen (secondary N) is 1. The van der Waals surface area contributed by atoms with Crippen molar-refractivity contribution in [1.82, 2.24) is 5.32 Å². The number of anilines is 1. The first kappa shape index (κ1) is 14.9. The molecule has 4 heteroatoms. The minimum absolute atomic E-state index is 0.244. The summed E-state index contributed by atoms with van der Waals surface area (Å²) < 4.78 is 12.8. The summed E-state index contributed by atoms with van der Waals surface area (Å²) in [5.74, 6) is 0.332. The van der Waals surface area contributed by atoms with E-state index in [1.807, 2.05) is 11.9 Å². The van der Waals surface area contributed by atoms with Crippen molar-refractivity contribution >= 4 is 5.69 Å². The van der Waals surface area contributed by atoms with Gasteiger partial charge in [-0.25, -0.2) is 4.39 Å². The van der Waals surface area contributed by atoms with Gasteiger partial charge in [-0.3, -0.25) is 0 Å². The third kappa shape index (κ3) is 5.47. The summed E-state index contributed by atoms with van der Waals surface area (Å²) in [4.78, 5) is 1.92. The quantitative estimate of drug-likeness (QED) is 0.779. The molecular weight excluding hydrogens is 231 g/mol. The fraction of sp³-hybridized carbons (Fsp3) is 0.571. The molecule has 18 heavy (non-hydrogen) atoms. The zero-order valence-corrected chi connectivity index (χ0v) is 11.4. The lowest BCUT2D eigenvalue weighted by Crippen LogP contribution is -2.37. The van der Waals surface area contributed by atoms with Crippen molar-refractivity contribution in [3.8, 4) is 0 Å². The standard InChI is InChI=1S/C14H23FN2O/c1-11(2)8-16-9-14(18)10-17(3)13-6-4-12(15)5-7-13/h4-7,11,14,16,18H,8-10H2,1-3H3. The van der Waals surface area contributed by atoms with Gasteiger partial charge in [0.25, 0.3) is 0 Å². The van der Waals surface area contributed by atoms with Crippen LogP contribution in [0.4, 0.5) is 10.1 Å². The zero-order valence-electron chi connectivity index (χ0n) is 11.4. The Morgan fingerprint density at radius 3 is 2.39 bits per heavy atom. The molecule has 102 valence electrons. The van der Waals surface area contributed by atoms with Crippen LogP contribution in [0.15, 0.2) is 24.3 Å². The summed E-state index contributed by atoms with van der Waals surface area (Å²) in [5, 5.41) is 13.1. The molecule has 1 unspecified atom stereocenters. The van der Waals surface area contributed by atoms with Crippen molar-refractivity contribution in [2.75, 3.05) is 31.6 Å². The number of nitrogens with zero attached hydrogens (tertiary/aromatic N) is 1. The van der Waals surface area contributed by atoms with Gasteiger partial charge in [0.1, 0.15) is 5.82 Å². The normalized spacial score (nSPS) is 12.8. The van der Waals surface area contributed by atoms with Crippen molar-refractivity contribution in [3.63, 3.8) is 0 Å². The van der Waals surface area contributed by atoms with E-state index in [9.17, 15) is 9.50 Å². The van der Waals surface area contributed by atoms with Crippen molar-refractivity contribution in [2.45, 2.75) is 20.0 Å². The number of aliphatic hydroxyl groups excluding tert-OH is 1. The Morgan fingerprint density at radius 2 is 1.83 bits per heavy atom. The fourth-order valence-electron chi connectivity index (χ4n) is 1.72. The zero-order chi connectivity index (χ0) is 13.5. The van der Waals surface area contributed by atoms with Gasteiger partial charge in [0.15, 0.2) is 0 Å². The molecule has 0 aliphatic carbocycles.